The molecular weight excluding hydrogens is 344 g/mol. The molecule has 0 bridgehead atoms. The third-order valence-electron chi connectivity index (χ3n) is 3.63. The van der Waals surface area contributed by atoms with E-state index in [4.69, 9.17) is 21.2 Å². The summed E-state index contributed by atoms with van der Waals surface area (Å²) in [6, 6.07) is 13.8. The molecule has 0 saturated heterocycles. The van der Waals surface area contributed by atoms with Crippen molar-refractivity contribution in [2.75, 3.05) is 12.4 Å². The smallest absolute Gasteiger partial charge is 0.339 e. The highest BCUT2D eigenvalue weighted by atomic mass is 35.5. The molecular formula is C18H15ClN2O4. The van der Waals surface area contributed by atoms with Gasteiger partial charge in [-0.1, -0.05) is 41.9 Å². The van der Waals surface area contributed by atoms with Gasteiger partial charge < -0.3 is 10.1 Å². The zero-order valence-corrected chi connectivity index (χ0v) is 14.0. The van der Waals surface area contributed by atoms with Crippen LogP contribution >= 0.6 is 11.6 Å². The van der Waals surface area contributed by atoms with Gasteiger partial charge in [0.25, 0.3) is 5.91 Å². The Morgan fingerprint density at radius 2 is 1.88 bits per heavy atom. The monoisotopic (exact) mass is 358 g/mol. The fraction of sp³-hybridized carbons (Fsp3) is 0.111. The van der Waals surface area contributed by atoms with Gasteiger partial charge in [-0.2, -0.15) is 0 Å². The van der Waals surface area contributed by atoms with Crippen LogP contribution in [-0.2, 0) is 14.4 Å². The number of para-hydroxylation sites is 1. The summed E-state index contributed by atoms with van der Waals surface area (Å²) in [5.41, 5.74) is 4.65. The molecule has 25 heavy (non-hydrogen) atoms. The maximum Gasteiger partial charge on any atom is 0.339 e. The summed E-state index contributed by atoms with van der Waals surface area (Å²) in [5.74, 6) is -0.959. The summed E-state index contributed by atoms with van der Waals surface area (Å²) in [5, 5.41) is 3.22. The minimum atomic E-state index is -0.864. The number of ether oxygens (including phenoxy) is 1. The Hall–Kier alpha value is -2.83. The van der Waals surface area contributed by atoms with Gasteiger partial charge in [-0.15, -0.1) is 0 Å². The maximum absolute atomic E-state index is 12.4. The van der Waals surface area contributed by atoms with E-state index in [2.05, 4.69) is 10.8 Å². The van der Waals surface area contributed by atoms with E-state index < -0.39 is 18.0 Å². The number of rotatable bonds is 4. The van der Waals surface area contributed by atoms with Crippen molar-refractivity contribution in [3.8, 4) is 0 Å². The molecule has 0 unspecified atom stereocenters. The van der Waals surface area contributed by atoms with Crippen LogP contribution in [0.15, 0.2) is 54.6 Å². The Morgan fingerprint density at radius 3 is 2.64 bits per heavy atom. The highest BCUT2D eigenvalue weighted by Crippen LogP contribution is 2.26. The number of hydrogen-bond acceptors (Lipinski definition) is 5. The Balaban J connectivity index is 1.78. The molecule has 2 aromatic rings. The molecule has 2 N–H and O–H groups in total. The third kappa shape index (κ3) is 3.65. The predicted octanol–water partition coefficient (Wildman–Crippen LogP) is 3.01. The number of esters is 1. The highest BCUT2D eigenvalue weighted by Gasteiger charge is 2.26. The molecule has 3 rings (SSSR count). The lowest BCUT2D eigenvalue weighted by molar-refractivity contribution is -0.125. The first-order valence-electron chi connectivity index (χ1n) is 7.46. The van der Waals surface area contributed by atoms with Crippen LogP contribution in [-0.4, -0.2) is 25.1 Å². The Labute approximate surface area is 149 Å². The van der Waals surface area contributed by atoms with Crippen LogP contribution in [0.5, 0.6) is 0 Å². The minimum absolute atomic E-state index is 0.264. The van der Waals surface area contributed by atoms with E-state index in [0.29, 0.717) is 16.4 Å². The van der Waals surface area contributed by atoms with Gasteiger partial charge in [-0.25, -0.2) is 4.79 Å². The minimum Gasteiger partial charge on any atom is -0.465 e. The number of anilines is 1. The van der Waals surface area contributed by atoms with Crippen LogP contribution in [0.1, 0.15) is 15.9 Å². The Kier molecular flexibility index (Phi) is 5.02. The van der Waals surface area contributed by atoms with Crippen molar-refractivity contribution < 1.29 is 19.2 Å². The van der Waals surface area contributed by atoms with Crippen LogP contribution in [0.4, 0.5) is 5.69 Å². The molecule has 0 aliphatic carbocycles. The molecule has 1 aliphatic heterocycles. The summed E-state index contributed by atoms with van der Waals surface area (Å²) < 4.78 is 4.71. The van der Waals surface area contributed by atoms with Gasteiger partial charge in [0.2, 0.25) is 0 Å². The molecule has 1 heterocycles. The van der Waals surface area contributed by atoms with Crippen molar-refractivity contribution in [3.63, 3.8) is 0 Å². The van der Waals surface area contributed by atoms with E-state index >= 15 is 0 Å². The lowest BCUT2D eigenvalue weighted by Crippen LogP contribution is -2.29. The van der Waals surface area contributed by atoms with E-state index in [9.17, 15) is 9.59 Å². The first-order valence-corrected chi connectivity index (χ1v) is 7.84. The van der Waals surface area contributed by atoms with E-state index in [1.165, 1.54) is 7.11 Å². The Bertz CT molecular complexity index is 850. The summed E-state index contributed by atoms with van der Waals surface area (Å²) >= 11 is 6.14. The van der Waals surface area contributed by atoms with Crippen LogP contribution < -0.4 is 10.8 Å². The van der Waals surface area contributed by atoms with Crippen molar-refractivity contribution >= 4 is 34.9 Å². The normalized spacial score (nSPS) is 15.9. The molecule has 0 aromatic heterocycles. The van der Waals surface area contributed by atoms with Crippen LogP contribution in [0.3, 0.4) is 0 Å². The van der Waals surface area contributed by atoms with Gasteiger partial charge in [-0.05, 0) is 24.3 Å². The van der Waals surface area contributed by atoms with Crippen LogP contribution in [0, 0.1) is 0 Å². The number of hydrogen-bond donors (Lipinski definition) is 2. The Morgan fingerprint density at radius 1 is 1.16 bits per heavy atom. The van der Waals surface area contributed by atoms with Crippen molar-refractivity contribution in [1.82, 2.24) is 5.48 Å². The second-order valence-electron chi connectivity index (χ2n) is 5.23. The molecule has 0 radical (unpaired) electrons. The van der Waals surface area contributed by atoms with Gasteiger partial charge in [-0.3, -0.25) is 15.1 Å². The number of carbonyl (C=O) groups is 2. The molecule has 1 aliphatic rings. The summed E-state index contributed by atoms with van der Waals surface area (Å²) in [6.07, 6.45) is 0.758. The fourth-order valence-electron chi connectivity index (χ4n) is 2.38. The van der Waals surface area contributed by atoms with E-state index in [1.807, 2.05) is 18.2 Å². The number of halogens is 1. The molecule has 1 amide bonds. The average Bonchev–Trinajstić information content (AvgIpc) is 3.12. The topological polar surface area (TPSA) is 76.7 Å². The van der Waals surface area contributed by atoms with Crippen molar-refractivity contribution in [1.29, 1.82) is 0 Å². The van der Waals surface area contributed by atoms with Crippen molar-refractivity contribution in [2.45, 2.75) is 6.10 Å². The van der Waals surface area contributed by atoms with Gasteiger partial charge in [0.15, 0.2) is 6.10 Å². The number of carbonyl (C=O) groups excluding carboxylic acids is 2. The van der Waals surface area contributed by atoms with Crippen LogP contribution in [0.25, 0.3) is 5.70 Å². The quantitative estimate of drug-likeness (QED) is 0.822. The van der Waals surface area contributed by atoms with E-state index in [-0.39, 0.29) is 5.56 Å². The lowest BCUT2D eigenvalue weighted by Gasteiger charge is -2.11. The SMILES string of the molecule is COC(=O)c1ccccc1NC(=O)[C@@H]1C=C(c2ccccc2Cl)NO1. The summed E-state index contributed by atoms with van der Waals surface area (Å²) in [6.45, 7) is 0. The zero-order valence-electron chi connectivity index (χ0n) is 13.3. The third-order valence-corrected chi connectivity index (χ3v) is 3.96. The number of benzene rings is 2. The second-order valence-corrected chi connectivity index (χ2v) is 5.63. The van der Waals surface area contributed by atoms with E-state index in [1.54, 1.807) is 36.4 Å². The average molecular weight is 359 g/mol. The fourth-order valence-corrected chi connectivity index (χ4v) is 2.62. The predicted molar refractivity (Wildman–Crippen MR) is 93.8 cm³/mol. The zero-order chi connectivity index (χ0) is 17.8. The first-order chi connectivity index (χ1) is 12.1. The molecule has 128 valence electrons. The van der Waals surface area contributed by atoms with Gasteiger partial charge >= 0.3 is 5.97 Å². The standard InChI is InChI=1S/C18H15ClN2O4/c1-24-18(23)12-7-3-5-9-14(12)20-17(22)16-10-15(21-25-16)11-6-2-4-8-13(11)19/h2-10,16,21H,1H3,(H,20,22)/t16-/m0/s1. The second kappa shape index (κ2) is 7.38. The summed E-state index contributed by atoms with van der Waals surface area (Å²) in [4.78, 5) is 29.5. The van der Waals surface area contributed by atoms with Crippen molar-refractivity contribution in [3.05, 3.63) is 70.8 Å². The molecule has 0 fully saturated rings. The first kappa shape index (κ1) is 17.0. The molecule has 0 saturated carbocycles. The van der Waals surface area contributed by atoms with Crippen molar-refractivity contribution in [2.24, 2.45) is 0 Å². The molecule has 7 heteroatoms. The maximum atomic E-state index is 12.4. The molecule has 2 aromatic carbocycles. The van der Waals surface area contributed by atoms with Gasteiger partial charge in [0, 0.05) is 10.6 Å². The molecule has 1 atom stereocenters. The van der Waals surface area contributed by atoms with Crippen LogP contribution in [0.2, 0.25) is 5.02 Å². The number of nitrogens with one attached hydrogen (secondary N) is 2. The number of methoxy groups -OCH3 is 1. The van der Waals surface area contributed by atoms with E-state index in [0.717, 1.165) is 5.56 Å². The summed E-state index contributed by atoms with van der Waals surface area (Å²) in [7, 11) is 1.28. The number of amides is 1. The largest absolute Gasteiger partial charge is 0.465 e. The molecule has 0 spiro atoms. The van der Waals surface area contributed by atoms with Gasteiger partial charge in [0.05, 0.1) is 24.1 Å². The molecule has 6 nitrogen and oxygen atoms in total. The number of hydroxylamine groups is 1. The highest BCUT2D eigenvalue weighted by molar-refractivity contribution is 6.32. The van der Waals surface area contributed by atoms with Gasteiger partial charge in [0.1, 0.15) is 0 Å². The lowest BCUT2D eigenvalue weighted by atomic mass is 10.1.